The number of anilines is 1. The molecule has 2 aromatic rings. The third kappa shape index (κ3) is 4.10. The van der Waals surface area contributed by atoms with Gasteiger partial charge < -0.3 is 4.90 Å². The third-order valence-electron chi connectivity index (χ3n) is 4.26. The van der Waals surface area contributed by atoms with Crippen molar-refractivity contribution in [3.8, 4) is 0 Å². The molecule has 1 aliphatic heterocycles. The highest BCUT2D eigenvalue weighted by Crippen LogP contribution is 2.33. The Labute approximate surface area is 165 Å². The van der Waals surface area contributed by atoms with Gasteiger partial charge in [-0.2, -0.15) is 0 Å². The van der Waals surface area contributed by atoms with Crippen LogP contribution in [0.2, 0.25) is 5.02 Å². The summed E-state index contributed by atoms with van der Waals surface area (Å²) in [6.45, 7) is 0.380. The number of fused-ring (bicyclic) bond motifs is 1. The third-order valence-corrected chi connectivity index (χ3v) is 6.71. The molecular weight excluding hydrogens is 445 g/mol. The molecule has 0 aliphatic carbocycles. The number of rotatable bonds is 4. The van der Waals surface area contributed by atoms with E-state index in [9.17, 15) is 17.6 Å². The largest absolute Gasteiger partial charge is 0.309 e. The minimum atomic E-state index is -3.61. The topological polar surface area (TPSA) is 54.5 Å². The summed E-state index contributed by atoms with van der Waals surface area (Å²) in [5, 5.41) is 0.437. The first-order valence-electron chi connectivity index (χ1n) is 8.04. The first kappa shape index (κ1) is 19.3. The highest BCUT2D eigenvalue weighted by molar-refractivity contribution is 9.10. The molecule has 0 saturated carbocycles. The molecule has 1 aliphatic rings. The average Bonchev–Trinajstić information content (AvgIpc) is 2.59. The van der Waals surface area contributed by atoms with Crippen LogP contribution in [0.25, 0.3) is 0 Å². The molecule has 0 bridgehead atoms. The molecule has 0 saturated heterocycles. The van der Waals surface area contributed by atoms with Gasteiger partial charge in [0.05, 0.1) is 16.3 Å². The quantitative estimate of drug-likeness (QED) is 0.680. The Morgan fingerprint density at radius 1 is 1.23 bits per heavy atom. The standard InChI is InChI=1S/C18H16BrClFNO3S/c19-13-10-12-2-1-8-22(18(12)16(21)11-13)17(23)7-9-26(24,25)15-5-3-14(20)4-6-15/h3-6,10-11H,1-2,7-9H2. The molecule has 0 unspecified atom stereocenters. The van der Waals surface area contributed by atoms with Crippen molar-refractivity contribution in [2.45, 2.75) is 24.2 Å². The number of carbonyl (C=O) groups is 1. The van der Waals surface area contributed by atoms with Gasteiger partial charge in [0.15, 0.2) is 9.84 Å². The lowest BCUT2D eigenvalue weighted by Crippen LogP contribution is -2.37. The number of sulfone groups is 1. The summed E-state index contributed by atoms with van der Waals surface area (Å²) in [6.07, 6.45) is 1.18. The SMILES string of the molecule is O=C(CCS(=O)(=O)c1ccc(Cl)cc1)N1CCCc2cc(Br)cc(F)c21. The van der Waals surface area contributed by atoms with E-state index in [-0.39, 0.29) is 22.8 Å². The normalized spacial score (nSPS) is 14.2. The van der Waals surface area contributed by atoms with Crippen LogP contribution in [0.4, 0.5) is 10.1 Å². The number of aryl methyl sites for hydroxylation is 1. The number of amides is 1. The van der Waals surface area contributed by atoms with Gasteiger partial charge in [0.1, 0.15) is 5.82 Å². The fourth-order valence-electron chi connectivity index (χ4n) is 3.02. The minimum Gasteiger partial charge on any atom is -0.309 e. The Hall–Kier alpha value is -1.44. The summed E-state index contributed by atoms with van der Waals surface area (Å²) >= 11 is 9.02. The van der Waals surface area contributed by atoms with Crippen molar-refractivity contribution in [3.63, 3.8) is 0 Å². The van der Waals surface area contributed by atoms with Crippen LogP contribution in [0.1, 0.15) is 18.4 Å². The van der Waals surface area contributed by atoms with E-state index in [0.717, 1.165) is 5.56 Å². The van der Waals surface area contributed by atoms with E-state index in [1.807, 2.05) is 0 Å². The second kappa shape index (κ2) is 7.66. The molecule has 0 atom stereocenters. The van der Waals surface area contributed by atoms with Gasteiger partial charge in [-0.05, 0) is 54.8 Å². The van der Waals surface area contributed by atoms with E-state index in [2.05, 4.69) is 15.9 Å². The Morgan fingerprint density at radius 3 is 2.62 bits per heavy atom. The molecule has 3 rings (SSSR count). The van der Waals surface area contributed by atoms with Crippen LogP contribution in [-0.2, 0) is 21.1 Å². The average molecular weight is 461 g/mol. The Kier molecular flexibility index (Phi) is 5.69. The number of hydrogen-bond acceptors (Lipinski definition) is 3. The van der Waals surface area contributed by atoms with E-state index in [0.29, 0.717) is 28.9 Å². The molecule has 1 amide bonds. The number of nitrogens with zero attached hydrogens (tertiary/aromatic N) is 1. The van der Waals surface area contributed by atoms with Crippen molar-refractivity contribution >= 4 is 49.0 Å². The van der Waals surface area contributed by atoms with Crippen LogP contribution >= 0.6 is 27.5 Å². The van der Waals surface area contributed by atoms with Crippen LogP contribution in [0.3, 0.4) is 0 Å². The van der Waals surface area contributed by atoms with Crippen LogP contribution in [-0.4, -0.2) is 26.6 Å². The number of benzene rings is 2. The molecule has 0 radical (unpaired) electrons. The molecule has 0 spiro atoms. The zero-order valence-electron chi connectivity index (χ0n) is 13.7. The molecular formula is C18H16BrClFNO3S. The van der Waals surface area contributed by atoms with Gasteiger partial charge in [-0.1, -0.05) is 27.5 Å². The first-order valence-corrected chi connectivity index (χ1v) is 10.9. The number of halogens is 3. The summed E-state index contributed by atoms with van der Waals surface area (Å²) in [6, 6.07) is 8.91. The van der Waals surface area contributed by atoms with Crippen molar-refractivity contribution in [2.24, 2.45) is 0 Å². The molecule has 0 aromatic heterocycles. The monoisotopic (exact) mass is 459 g/mol. The Balaban J connectivity index is 1.77. The van der Waals surface area contributed by atoms with Crippen molar-refractivity contribution in [1.82, 2.24) is 0 Å². The van der Waals surface area contributed by atoms with Crippen molar-refractivity contribution in [2.75, 3.05) is 17.2 Å². The van der Waals surface area contributed by atoms with Crippen LogP contribution in [0.5, 0.6) is 0 Å². The molecule has 8 heteroatoms. The lowest BCUT2D eigenvalue weighted by molar-refractivity contribution is -0.118. The van der Waals surface area contributed by atoms with Gasteiger partial charge in [0.25, 0.3) is 0 Å². The van der Waals surface area contributed by atoms with Crippen LogP contribution in [0, 0.1) is 5.82 Å². The fourth-order valence-corrected chi connectivity index (χ4v) is 4.85. The predicted molar refractivity (Wildman–Crippen MR) is 103 cm³/mol. The van der Waals surface area contributed by atoms with E-state index >= 15 is 0 Å². The number of carbonyl (C=O) groups excluding carboxylic acids is 1. The van der Waals surface area contributed by atoms with Crippen molar-refractivity contribution in [1.29, 1.82) is 0 Å². The van der Waals surface area contributed by atoms with Crippen LogP contribution in [0.15, 0.2) is 45.8 Å². The molecule has 0 fully saturated rings. The second-order valence-corrected chi connectivity index (χ2v) is 9.53. The summed E-state index contributed by atoms with van der Waals surface area (Å²) in [5.41, 5.74) is 1.00. The molecule has 138 valence electrons. The van der Waals surface area contributed by atoms with Gasteiger partial charge in [-0.15, -0.1) is 0 Å². The Morgan fingerprint density at radius 2 is 1.92 bits per heavy atom. The molecule has 0 N–H and O–H groups in total. The molecule has 2 aromatic carbocycles. The maximum absolute atomic E-state index is 14.4. The zero-order valence-corrected chi connectivity index (χ0v) is 16.9. The Bertz CT molecular complexity index is 948. The van der Waals surface area contributed by atoms with E-state index in [1.165, 1.54) is 35.2 Å². The molecule has 4 nitrogen and oxygen atoms in total. The van der Waals surface area contributed by atoms with Gasteiger partial charge in [0, 0.05) is 22.5 Å². The lowest BCUT2D eigenvalue weighted by Gasteiger charge is -2.30. The van der Waals surface area contributed by atoms with Crippen molar-refractivity contribution in [3.05, 3.63) is 57.3 Å². The lowest BCUT2D eigenvalue weighted by atomic mass is 10.0. The molecule has 1 heterocycles. The molecule has 26 heavy (non-hydrogen) atoms. The summed E-state index contributed by atoms with van der Waals surface area (Å²) in [7, 11) is -3.61. The van der Waals surface area contributed by atoms with E-state index in [4.69, 9.17) is 11.6 Å². The first-order chi connectivity index (χ1) is 12.3. The van der Waals surface area contributed by atoms with Gasteiger partial charge in [-0.3, -0.25) is 4.79 Å². The minimum absolute atomic E-state index is 0.115. The summed E-state index contributed by atoms with van der Waals surface area (Å²) in [5.74, 6) is -1.22. The smallest absolute Gasteiger partial charge is 0.228 e. The summed E-state index contributed by atoms with van der Waals surface area (Å²) in [4.78, 5) is 14.1. The van der Waals surface area contributed by atoms with E-state index in [1.54, 1.807) is 6.07 Å². The van der Waals surface area contributed by atoms with Gasteiger partial charge in [0.2, 0.25) is 5.91 Å². The van der Waals surface area contributed by atoms with Crippen LogP contribution < -0.4 is 4.90 Å². The number of hydrogen-bond donors (Lipinski definition) is 0. The zero-order chi connectivity index (χ0) is 18.9. The highest BCUT2D eigenvalue weighted by Gasteiger charge is 2.27. The van der Waals surface area contributed by atoms with Gasteiger partial charge in [-0.25, -0.2) is 12.8 Å². The predicted octanol–water partition coefficient (Wildman–Crippen LogP) is 4.38. The van der Waals surface area contributed by atoms with Gasteiger partial charge >= 0.3 is 0 Å². The van der Waals surface area contributed by atoms with Crippen molar-refractivity contribution < 1.29 is 17.6 Å². The summed E-state index contributed by atoms with van der Waals surface area (Å²) < 4.78 is 39.8. The maximum Gasteiger partial charge on any atom is 0.228 e. The highest BCUT2D eigenvalue weighted by atomic mass is 79.9. The van der Waals surface area contributed by atoms with E-state index < -0.39 is 21.6 Å². The second-order valence-electron chi connectivity index (χ2n) is 6.07. The maximum atomic E-state index is 14.4. The fraction of sp³-hybridized carbons (Fsp3) is 0.278.